The Balaban J connectivity index is 2.89. The summed E-state index contributed by atoms with van der Waals surface area (Å²) in [6.45, 7) is 12.9. The molecular weight excluding hydrogens is 268 g/mol. The van der Waals surface area contributed by atoms with E-state index in [0.29, 0.717) is 16.9 Å². The fourth-order valence-corrected chi connectivity index (χ4v) is 4.44. The Morgan fingerprint density at radius 1 is 1.30 bits per heavy atom. The van der Waals surface area contributed by atoms with Gasteiger partial charge in [-0.1, -0.05) is 20.8 Å². The van der Waals surface area contributed by atoms with Gasteiger partial charge in [-0.3, -0.25) is 0 Å². The van der Waals surface area contributed by atoms with Crippen LogP contribution in [0.1, 0.15) is 53.4 Å². The highest BCUT2D eigenvalue weighted by Gasteiger charge is 2.38. The van der Waals surface area contributed by atoms with Crippen LogP contribution >= 0.6 is 0 Å². The summed E-state index contributed by atoms with van der Waals surface area (Å²) in [6.07, 6.45) is 6.01. The summed E-state index contributed by atoms with van der Waals surface area (Å²) in [5.41, 5.74) is 0.409. The minimum absolute atomic E-state index is 0.326. The zero-order chi connectivity index (χ0) is 15.6. The van der Waals surface area contributed by atoms with E-state index in [-0.39, 0.29) is 5.60 Å². The van der Waals surface area contributed by atoms with Crippen LogP contribution in [0, 0.1) is 11.3 Å². The van der Waals surface area contributed by atoms with Crippen LogP contribution in [0.2, 0.25) is 13.1 Å². The molecule has 1 rings (SSSR count). The summed E-state index contributed by atoms with van der Waals surface area (Å²) in [6, 6.07) is 0. The molecule has 0 aromatic carbocycles. The van der Waals surface area contributed by atoms with Crippen LogP contribution in [-0.2, 0) is 9.22 Å². The number of carboxylic acid groups (broad SMARTS) is 1. The molecule has 1 N–H and O–H groups in total. The van der Waals surface area contributed by atoms with Crippen LogP contribution in [0.15, 0.2) is 11.6 Å². The van der Waals surface area contributed by atoms with Gasteiger partial charge in [0.05, 0.1) is 5.60 Å². The number of hydrogen-bond acceptors (Lipinski definition) is 2. The molecule has 20 heavy (non-hydrogen) atoms. The molecule has 0 atom stereocenters. The SMILES string of the molecule is C/C(=C\[C@]1(O[SiH](C)C)CC[C@H](C(C)(C)C)CC1)C(=O)O. The molecule has 1 aliphatic carbocycles. The van der Waals surface area contributed by atoms with Crippen molar-refractivity contribution < 1.29 is 14.3 Å². The first-order valence-corrected chi connectivity index (χ1v) is 10.4. The predicted molar refractivity (Wildman–Crippen MR) is 85.5 cm³/mol. The summed E-state index contributed by atoms with van der Waals surface area (Å²) < 4.78 is 6.26. The van der Waals surface area contributed by atoms with Gasteiger partial charge in [-0.05, 0) is 63.1 Å². The Labute approximate surface area is 125 Å². The first-order chi connectivity index (χ1) is 9.06. The molecule has 0 saturated heterocycles. The van der Waals surface area contributed by atoms with E-state index in [9.17, 15) is 4.79 Å². The maximum absolute atomic E-state index is 11.1. The fourth-order valence-electron chi connectivity index (χ4n) is 3.19. The molecule has 0 unspecified atom stereocenters. The summed E-state index contributed by atoms with van der Waals surface area (Å²) in [5.74, 6) is -0.136. The molecule has 0 aromatic heterocycles. The van der Waals surface area contributed by atoms with Crippen molar-refractivity contribution in [3.05, 3.63) is 11.6 Å². The van der Waals surface area contributed by atoms with Crippen LogP contribution in [-0.4, -0.2) is 25.7 Å². The van der Waals surface area contributed by atoms with Gasteiger partial charge in [0.15, 0.2) is 9.04 Å². The van der Waals surface area contributed by atoms with E-state index in [2.05, 4.69) is 33.9 Å². The van der Waals surface area contributed by atoms with Crippen molar-refractivity contribution in [2.75, 3.05) is 0 Å². The summed E-state index contributed by atoms with van der Waals surface area (Å²) in [4.78, 5) is 11.1. The lowest BCUT2D eigenvalue weighted by Crippen LogP contribution is -2.41. The molecule has 0 spiro atoms. The molecule has 1 fully saturated rings. The zero-order valence-electron chi connectivity index (χ0n) is 13.8. The van der Waals surface area contributed by atoms with E-state index in [1.807, 2.05) is 6.08 Å². The van der Waals surface area contributed by atoms with Crippen molar-refractivity contribution >= 4 is 15.0 Å². The van der Waals surface area contributed by atoms with Gasteiger partial charge in [-0.25, -0.2) is 4.79 Å². The smallest absolute Gasteiger partial charge is 0.331 e. The van der Waals surface area contributed by atoms with Crippen molar-refractivity contribution in [1.29, 1.82) is 0 Å². The lowest BCUT2D eigenvalue weighted by Gasteiger charge is -2.44. The van der Waals surface area contributed by atoms with Gasteiger partial charge < -0.3 is 9.53 Å². The molecular formula is C16H30O3Si. The topological polar surface area (TPSA) is 46.5 Å². The Morgan fingerprint density at radius 3 is 2.15 bits per heavy atom. The fraction of sp³-hybridized carbons (Fsp3) is 0.812. The number of rotatable bonds is 4. The van der Waals surface area contributed by atoms with E-state index in [0.717, 1.165) is 25.7 Å². The lowest BCUT2D eigenvalue weighted by atomic mass is 9.68. The van der Waals surface area contributed by atoms with E-state index in [1.165, 1.54) is 0 Å². The third-order valence-electron chi connectivity index (χ3n) is 4.34. The number of carboxylic acids is 1. The number of hydrogen-bond donors (Lipinski definition) is 1. The Bertz CT molecular complexity index is 372. The second-order valence-corrected chi connectivity index (χ2v) is 9.84. The van der Waals surface area contributed by atoms with Gasteiger partial charge in [0, 0.05) is 5.57 Å². The van der Waals surface area contributed by atoms with Gasteiger partial charge >= 0.3 is 5.97 Å². The molecule has 0 aliphatic heterocycles. The highest BCUT2D eigenvalue weighted by molar-refractivity contribution is 6.48. The molecule has 0 heterocycles. The quantitative estimate of drug-likeness (QED) is 0.630. The van der Waals surface area contributed by atoms with E-state index < -0.39 is 15.0 Å². The van der Waals surface area contributed by atoms with Crippen LogP contribution in [0.25, 0.3) is 0 Å². The molecule has 0 aromatic rings. The zero-order valence-corrected chi connectivity index (χ0v) is 15.0. The Morgan fingerprint density at radius 2 is 1.80 bits per heavy atom. The Kier molecular flexibility index (Phi) is 5.61. The summed E-state index contributed by atoms with van der Waals surface area (Å²) >= 11 is 0. The maximum Gasteiger partial charge on any atom is 0.331 e. The summed E-state index contributed by atoms with van der Waals surface area (Å²) in [7, 11) is -1.20. The minimum atomic E-state index is -1.20. The standard InChI is InChI=1S/C16H30O3Si/c1-12(14(17)18)11-16(19-20(5)6)9-7-13(8-10-16)15(2,3)4/h11,13,20H,7-10H2,1-6H3,(H,17,18)/b12-11+/t13-,16-. The van der Waals surface area contributed by atoms with Gasteiger partial charge in [-0.2, -0.15) is 0 Å². The van der Waals surface area contributed by atoms with Gasteiger partial charge in [-0.15, -0.1) is 0 Å². The third-order valence-corrected chi connectivity index (χ3v) is 5.28. The van der Waals surface area contributed by atoms with Crippen molar-refractivity contribution in [1.82, 2.24) is 0 Å². The van der Waals surface area contributed by atoms with Crippen molar-refractivity contribution in [2.45, 2.75) is 72.1 Å². The number of carbonyl (C=O) groups is 1. The maximum atomic E-state index is 11.1. The van der Waals surface area contributed by atoms with Crippen LogP contribution in [0.5, 0.6) is 0 Å². The van der Waals surface area contributed by atoms with Crippen molar-refractivity contribution in [2.24, 2.45) is 11.3 Å². The normalized spacial score (nSPS) is 28.8. The number of aliphatic carboxylic acids is 1. The van der Waals surface area contributed by atoms with Crippen LogP contribution in [0.3, 0.4) is 0 Å². The van der Waals surface area contributed by atoms with Gasteiger partial charge in [0.2, 0.25) is 0 Å². The van der Waals surface area contributed by atoms with E-state index in [1.54, 1.807) is 6.92 Å². The second kappa shape index (κ2) is 6.44. The first-order valence-electron chi connectivity index (χ1n) is 7.66. The van der Waals surface area contributed by atoms with Crippen LogP contribution in [0.4, 0.5) is 0 Å². The highest BCUT2D eigenvalue weighted by Crippen LogP contribution is 2.44. The van der Waals surface area contributed by atoms with Crippen LogP contribution < -0.4 is 0 Å². The molecule has 1 saturated carbocycles. The monoisotopic (exact) mass is 298 g/mol. The van der Waals surface area contributed by atoms with Gasteiger partial charge in [0.25, 0.3) is 0 Å². The molecule has 1 aliphatic rings. The summed E-state index contributed by atoms with van der Waals surface area (Å²) in [5, 5.41) is 9.13. The van der Waals surface area contributed by atoms with Gasteiger partial charge in [0.1, 0.15) is 0 Å². The average Bonchev–Trinajstić information content (AvgIpc) is 2.26. The molecule has 0 amide bonds. The average molecular weight is 298 g/mol. The molecule has 3 nitrogen and oxygen atoms in total. The lowest BCUT2D eigenvalue weighted by molar-refractivity contribution is -0.132. The van der Waals surface area contributed by atoms with Crippen molar-refractivity contribution in [3.63, 3.8) is 0 Å². The van der Waals surface area contributed by atoms with E-state index in [4.69, 9.17) is 9.53 Å². The Hall–Kier alpha value is -0.613. The molecule has 4 heteroatoms. The third kappa shape index (κ3) is 4.74. The predicted octanol–water partition coefficient (Wildman–Crippen LogP) is 3.99. The second-order valence-electron chi connectivity index (χ2n) is 7.50. The largest absolute Gasteiger partial charge is 0.478 e. The van der Waals surface area contributed by atoms with Crippen molar-refractivity contribution in [3.8, 4) is 0 Å². The highest BCUT2D eigenvalue weighted by atomic mass is 28.3. The molecule has 116 valence electrons. The minimum Gasteiger partial charge on any atom is -0.478 e. The van der Waals surface area contributed by atoms with E-state index >= 15 is 0 Å². The first kappa shape index (κ1) is 17.4. The molecule has 0 bridgehead atoms. The molecule has 0 radical (unpaired) electrons.